The minimum Gasteiger partial charge on any atom is -0.457 e. The standard InChI is InChI=1S/C18H20FNO/c1-14-5-7-17(8-6-14)21-18-4-2-3-15(11-18)12-20-10-9-16(19)13-20/h2-8,11,16H,9-10,12-13H2,1H3. The van der Waals surface area contributed by atoms with Crippen LogP contribution in [-0.4, -0.2) is 24.2 Å². The molecule has 1 heterocycles. The van der Waals surface area contributed by atoms with Gasteiger partial charge < -0.3 is 4.74 Å². The topological polar surface area (TPSA) is 12.5 Å². The first kappa shape index (κ1) is 14.1. The second kappa shape index (κ2) is 6.27. The maximum absolute atomic E-state index is 13.2. The number of benzene rings is 2. The predicted octanol–water partition coefficient (Wildman–Crippen LogP) is 4.33. The van der Waals surface area contributed by atoms with Crippen LogP contribution in [0.1, 0.15) is 17.5 Å². The summed E-state index contributed by atoms with van der Waals surface area (Å²) in [4.78, 5) is 2.15. The second-order valence-electron chi connectivity index (χ2n) is 5.68. The van der Waals surface area contributed by atoms with Crippen LogP contribution in [0.15, 0.2) is 48.5 Å². The van der Waals surface area contributed by atoms with Crippen molar-refractivity contribution in [3.05, 3.63) is 59.7 Å². The van der Waals surface area contributed by atoms with Crippen molar-refractivity contribution in [3.8, 4) is 11.5 Å². The Bertz CT molecular complexity index is 596. The second-order valence-corrected chi connectivity index (χ2v) is 5.68. The van der Waals surface area contributed by atoms with E-state index in [0.29, 0.717) is 13.0 Å². The Balaban J connectivity index is 1.66. The lowest BCUT2D eigenvalue weighted by atomic mass is 10.2. The lowest BCUT2D eigenvalue weighted by Gasteiger charge is -2.15. The van der Waals surface area contributed by atoms with Gasteiger partial charge in [-0.1, -0.05) is 29.8 Å². The van der Waals surface area contributed by atoms with E-state index in [0.717, 1.165) is 30.2 Å². The fraction of sp³-hybridized carbons (Fsp3) is 0.333. The van der Waals surface area contributed by atoms with Crippen molar-refractivity contribution >= 4 is 0 Å². The van der Waals surface area contributed by atoms with Gasteiger partial charge in [0.05, 0.1) is 0 Å². The third-order valence-electron chi connectivity index (χ3n) is 3.78. The average Bonchev–Trinajstić information content (AvgIpc) is 2.87. The minimum atomic E-state index is -0.669. The Morgan fingerprint density at radius 3 is 2.67 bits per heavy atom. The summed E-state index contributed by atoms with van der Waals surface area (Å²) in [5.41, 5.74) is 2.37. The summed E-state index contributed by atoms with van der Waals surface area (Å²) >= 11 is 0. The summed E-state index contributed by atoms with van der Waals surface area (Å²) in [5.74, 6) is 1.66. The van der Waals surface area contributed by atoms with E-state index in [1.165, 1.54) is 5.56 Å². The number of nitrogens with zero attached hydrogens (tertiary/aromatic N) is 1. The lowest BCUT2D eigenvalue weighted by Crippen LogP contribution is -2.20. The van der Waals surface area contributed by atoms with E-state index in [1.54, 1.807) is 0 Å². The zero-order valence-corrected chi connectivity index (χ0v) is 12.3. The molecule has 0 saturated carbocycles. The summed E-state index contributed by atoms with van der Waals surface area (Å²) in [7, 11) is 0. The van der Waals surface area contributed by atoms with Gasteiger partial charge in [-0.15, -0.1) is 0 Å². The third kappa shape index (κ3) is 3.82. The summed E-state index contributed by atoms with van der Waals surface area (Å²) in [5, 5.41) is 0. The van der Waals surface area contributed by atoms with E-state index in [1.807, 2.05) is 42.5 Å². The highest BCUT2D eigenvalue weighted by atomic mass is 19.1. The van der Waals surface area contributed by atoms with Crippen LogP contribution in [0, 0.1) is 6.92 Å². The zero-order valence-electron chi connectivity index (χ0n) is 12.3. The van der Waals surface area contributed by atoms with Crippen LogP contribution >= 0.6 is 0 Å². The Morgan fingerprint density at radius 1 is 1.14 bits per heavy atom. The van der Waals surface area contributed by atoms with Crippen molar-refractivity contribution in [2.75, 3.05) is 13.1 Å². The highest BCUT2D eigenvalue weighted by Crippen LogP contribution is 2.24. The number of hydrogen-bond donors (Lipinski definition) is 0. The molecule has 3 heteroatoms. The normalized spacial score (nSPS) is 18.9. The number of halogens is 1. The molecule has 0 spiro atoms. The molecule has 1 atom stereocenters. The summed E-state index contributed by atoms with van der Waals surface area (Å²) in [6.45, 7) is 4.22. The SMILES string of the molecule is Cc1ccc(Oc2cccc(CN3CCC(F)C3)c2)cc1. The van der Waals surface area contributed by atoms with Crippen LogP contribution in [0.2, 0.25) is 0 Å². The Morgan fingerprint density at radius 2 is 1.95 bits per heavy atom. The maximum Gasteiger partial charge on any atom is 0.127 e. The van der Waals surface area contributed by atoms with Crippen LogP contribution < -0.4 is 4.74 Å². The molecule has 1 aliphatic heterocycles. The zero-order chi connectivity index (χ0) is 14.7. The molecule has 3 rings (SSSR count). The Hall–Kier alpha value is -1.87. The van der Waals surface area contributed by atoms with E-state index >= 15 is 0 Å². The molecule has 1 saturated heterocycles. The number of likely N-dealkylation sites (tertiary alicyclic amines) is 1. The van der Waals surface area contributed by atoms with Crippen molar-refractivity contribution < 1.29 is 9.13 Å². The van der Waals surface area contributed by atoms with E-state index in [2.05, 4.69) is 17.9 Å². The van der Waals surface area contributed by atoms with Gasteiger partial charge in [-0.05, 0) is 43.2 Å². The molecule has 0 amide bonds. The van der Waals surface area contributed by atoms with Gasteiger partial charge in [-0.3, -0.25) is 4.90 Å². The number of alkyl halides is 1. The molecule has 0 bridgehead atoms. The predicted molar refractivity (Wildman–Crippen MR) is 82.5 cm³/mol. The van der Waals surface area contributed by atoms with Gasteiger partial charge in [0, 0.05) is 19.6 Å². The molecule has 0 aliphatic carbocycles. The molecule has 21 heavy (non-hydrogen) atoms. The van der Waals surface area contributed by atoms with Gasteiger partial charge in [0.15, 0.2) is 0 Å². The van der Waals surface area contributed by atoms with Crippen LogP contribution in [-0.2, 0) is 6.54 Å². The van der Waals surface area contributed by atoms with Crippen LogP contribution in [0.3, 0.4) is 0 Å². The van der Waals surface area contributed by atoms with Gasteiger partial charge in [0.1, 0.15) is 17.7 Å². The number of ether oxygens (including phenoxy) is 1. The average molecular weight is 285 g/mol. The van der Waals surface area contributed by atoms with Crippen molar-refractivity contribution in [2.45, 2.75) is 26.1 Å². The molecule has 110 valence electrons. The van der Waals surface area contributed by atoms with Crippen molar-refractivity contribution in [1.82, 2.24) is 4.90 Å². The minimum absolute atomic E-state index is 0.545. The largest absolute Gasteiger partial charge is 0.457 e. The number of hydrogen-bond acceptors (Lipinski definition) is 2. The highest BCUT2D eigenvalue weighted by Gasteiger charge is 2.21. The summed E-state index contributed by atoms with van der Waals surface area (Å²) in [6, 6.07) is 16.0. The first-order chi connectivity index (χ1) is 10.2. The third-order valence-corrected chi connectivity index (χ3v) is 3.78. The first-order valence-corrected chi connectivity index (χ1v) is 7.39. The fourth-order valence-corrected chi connectivity index (χ4v) is 2.64. The van der Waals surface area contributed by atoms with Crippen LogP contribution in [0.5, 0.6) is 11.5 Å². The smallest absolute Gasteiger partial charge is 0.127 e. The van der Waals surface area contributed by atoms with Gasteiger partial charge >= 0.3 is 0 Å². The van der Waals surface area contributed by atoms with E-state index in [-0.39, 0.29) is 0 Å². The monoisotopic (exact) mass is 285 g/mol. The molecule has 1 aliphatic rings. The quantitative estimate of drug-likeness (QED) is 0.829. The first-order valence-electron chi connectivity index (χ1n) is 7.39. The molecule has 2 nitrogen and oxygen atoms in total. The molecule has 0 radical (unpaired) electrons. The molecule has 2 aromatic rings. The highest BCUT2D eigenvalue weighted by molar-refractivity contribution is 5.35. The van der Waals surface area contributed by atoms with Crippen molar-refractivity contribution in [1.29, 1.82) is 0 Å². The van der Waals surface area contributed by atoms with E-state index in [4.69, 9.17) is 4.74 Å². The summed E-state index contributed by atoms with van der Waals surface area (Å²) < 4.78 is 19.1. The summed E-state index contributed by atoms with van der Waals surface area (Å²) in [6.07, 6.45) is -0.0171. The van der Waals surface area contributed by atoms with Crippen molar-refractivity contribution in [3.63, 3.8) is 0 Å². The van der Waals surface area contributed by atoms with Gasteiger partial charge in [0.2, 0.25) is 0 Å². The molecule has 2 aromatic carbocycles. The fourth-order valence-electron chi connectivity index (χ4n) is 2.64. The van der Waals surface area contributed by atoms with Crippen molar-refractivity contribution in [2.24, 2.45) is 0 Å². The Kier molecular flexibility index (Phi) is 4.20. The molecular formula is C18H20FNO. The van der Waals surface area contributed by atoms with Gasteiger partial charge in [-0.25, -0.2) is 4.39 Å². The van der Waals surface area contributed by atoms with Gasteiger partial charge in [0.25, 0.3) is 0 Å². The molecule has 0 N–H and O–H groups in total. The molecule has 1 unspecified atom stereocenters. The molecular weight excluding hydrogens is 265 g/mol. The van der Waals surface area contributed by atoms with Crippen LogP contribution in [0.25, 0.3) is 0 Å². The van der Waals surface area contributed by atoms with E-state index in [9.17, 15) is 4.39 Å². The lowest BCUT2D eigenvalue weighted by molar-refractivity contribution is 0.282. The van der Waals surface area contributed by atoms with E-state index < -0.39 is 6.17 Å². The number of aryl methyl sites for hydroxylation is 1. The van der Waals surface area contributed by atoms with Gasteiger partial charge in [-0.2, -0.15) is 0 Å². The van der Waals surface area contributed by atoms with Crippen LogP contribution in [0.4, 0.5) is 4.39 Å². The molecule has 0 aromatic heterocycles. The molecule has 1 fully saturated rings. The Labute approximate surface area is 125 Å². The maximum atomic E-state index is 13.2. The number of rotatable bonds is 4.